The molecular formula is C16H24N2O. The van der Waals surface area contributed by atoms with Crippen LogP contribution in [-0.4, -0.2) is 18.0 Å². The zero-order chi connectivity index (χ0) is 14.1. The summed E-state index contributed by atoms with van der Waals surface area (Å²) in [6, 6.07) is 8.17. The minimum Gasteiger partial charge on any atom is -0.356 e. The molecule has 0 aromatic heterocycles. The van der Waals surface area contributed by atoms with E-state index in [4.69, 9.17) is 5.73 Å². The maximum Gasteiger partial charge on any atom is 0.230 e. The van der Waals surface area contributed by atoms with Gasteiger partial charge < -0.3 is 11.1 Å². The molecule has 104 valence electrons. The van der Waals surface area contributed by atoms with Gasteiger partial charge in [0, 0.05) is 12.1 Å². The number of likely N-dealkylation sites (N-methyl/N-ethyl adjacent to an activating group) is 1. The molecule has 0 atom stereocenters. The lowest BCUT2D eigenvalue weighted by Crippen LogP contribution is -2.41. The van der Waals surface area contributed by atoms with Crippen molar-refractivity contribution in [3.05, 3.63) is 35.4 Å². The Morgan fingerprint density at radius 1 is 1.37 bits per heavy atom. The van der Waals surface area contributed by atoms with Crippen LogP contribution in [0.1, 0.15) is 44.7 Å². The number of hydrogen-bond donors (Lipinski definition) is 2. The smallest absolute Gasteiger partial charge is 0.230 e. The molecule has 0 heterocycles. The van der Waals surface area contributed by atoms with Crippen LogP contribution >= 0.6 is 0 Å². The Morgan fingerprint density at radius 3 is 2.58 bits per heavy atom. The average molecular weight is 260 g/mol. The monoisotopic (exact) mass is 260 g/mol. The molecule has 0 bridgehead atoms. The fourth-order valence-electron chi connectivity index (χ4n) is 2.50. The summed E-state index contributed by atoms with van der Waals surface area (Å²) in [5.41, 5.74) is 7.98. The van der Waals surface area contributed by atoms with E-state index in [1.165, 1.54) is 5.56 Å². The van der Waals surface area contributed by atoms with Crippen molar-refractivity contribution in [1.82, 2.24) is 5.32 Å². The molecule has 0 saturated heterocycles. The number of nitrogens with two attached hydrogens (primary N) is 1. The summed E-state index contributed by atoms with van der Waals surface area (Å²) in [6.07, 6.45) is 3.04. The largest absolute Gasteiger partial charge is 0.356 e. The van der Waals surface area contributed by atoms with Gasteiger partial charge in [-0.05, 0) is 51.2 Å². The van der Waals surface area contributed by atoms with Crippen molar-refractivity contribution in [3.63, 3.8) is 0 Å². The third-order valence-electron chi connectivity index (χ3n) is 4.03. The second kappa shape index (κ2) is 4.97. The zero-order valence-corrected chi connectivity index (χ0v) is 12.1. The highest BCUT2D eigenvalue weighted by atomic mass is 16.2. The topological polar surface area (TPSA) is 55.1 Å². The molecule has 0 spiro atoms. The first-order valence-corrected chi connectivity index (χ1v) is 7.05. The highest BCUT2D eigenvalue weighted by molar-refractivity contribution is 5.87. The minimum atomic E-state index is -0.516. The lowest BCUT2D eigenvalue weighted by Gasteiger charge is -2.27. The number of amides is 1. The highest BCUT2D eigenvalue weighted by Crippen LogP contribution is 2.38. The van der Waals surface area contributed by atoms with Gasteiger partial charge in [0.25, 0.3) is 0 Å². The molecular weight excluding hydrogens is 236 g/mol. The first kappa shape index (κ1) is 14.1. The van der Waals surface area contributed by atoms with E-state index in [1.54, 1.807) is 0 Å². The van der Waals surface area contributed by atoms with E-state index in [2.05, 4.69) is 17.4 Å². The number of carbonyl (C=O) groups excluding carboxylic acids is 1. The SMILES string of the molecule is CCNC(=O)C(C)(C)c1ccccc1CC1(N)CC1. The Balaban J connectivity index is 2.30. The van der Waals surface area contributed by atoms with Crippen molar-refractivity contribution in [3.8, 4) is 0 Å². The fraction of sp³-hybridized carbons (Fsp3) is 0.562. The van der Waals surface area contributed by atoms with Crippen molar-refractivity contribution in [2.75, 3.05) is 6.54 Å². The molecule has 3 N–H and O–H groups in total. The molecule has 1 aromatic rings. The van der Waals surface area contributed by atoms with E-state index in [0.717, 1.165) is 24.8 Å². The maximum absolute atomic E-state index is 12.3. The third-order valence-corrected chi connectivity index (χ3v) is 4.03. The average Bonchev–Trinajstić information content (AvgIpc) is 3.07. The lowest BCUT2D eigenvalue weighted by atomic mass is 9.79. The second-order valence-electron chi connectivity index (χ2n) is 6.18. The van der Waals surface area contributed by atoms with Gasteiger partial charge in [0.15, 0.2) is 0 Å². The van der Waals surface area contributed by atoms with Crippen LogP contribution in [0.5, 0.6) is 0 Å². The fourth-order valence-corrected chi connectivity index (χ4v) is 2.50. The molecule has 0 aliphatic heterocycles. The molecule has 1 aromatic carbocycles. The van der Waals surface area contributed by atoms with E-state index in [-0.39, 0.29) is 11.4 Å². The summed E-state index contributed by atoms with van der Waals surface area (Å²) in [5.74, 6) is 0.0734. The first-order chi connectivity index (χ1) is 8.89. The van der Waals surface area contributed by atoms with E-state index in [1.807, 2.05) is 32.9 Å². The van der Waals surface area contributed by atoms with Crippen molar-refractivity contribution in [2.45, 2.75) is 51.0 Å². The molecule has 1 fully saturated rings. The number of hydrogen-bond acceptors (Lipinski definition) is 2. The van der Waals surface area contributed by atoms with Crippen LogP contribution in [0.15, 0.2) is 24.3 Å². The van der Waals surface area contributed by atoms with E-state index < -0.39 is 5.41 Å². The third kappa shape index (κ3) is 2.98. The van der Waals surface area contributed by atoms with Gasteiger partial charge in [0.2, 0.25) is 5.91 Å². The van der Waals surface area contributed by atoms with Crippen LogP contribution < -0.4 is 11.1 Å². The molecule has 1 saturated carbocycles. The summed E-state index contributed by atoms with van der Waals surface area (Å²) in [7, 11) is 0. The Hall–Kier alpha value is -1.35. The molecule has 0 radical (unpaired) electrons. The Kier molecular flexibility index (Phi) is 3.68. The predicted molar refractivity (Wildman–Crippen MR) is 78.0 cm³/mol. The Bertz CT molecular complexity index is 475. The first-order valence-electron chi connectivity index (χ1n) is 7.05. The van der Waals surface area contributed by atoms with Crippen molar-refractivity contribution < 1.29 is 4.79 Å². The predicted octanol–water partition coefficient (Wildman–Crippen LogP) is 2.13. The van der Waals surface area contributed by atoms with Gasteiger partial charge in [-0.3, -0.25) is 4.79 Å². The van der Waals surface area contributed by atoms with Crippen molar-refractivity contribution in [1.29, 1.82) is 0 Å². The Labute approximate surface area is 115 Å². The zero-order valence-electron chi connectivity index (χ0n) is 12.1. The molecule has 3 heteroatoms. The van der Waals surface area contributed by atoms with Gasteiger partial charge >= 0.3 is 0 Å². The molecule has 3 nitrogen and oxygen atoms in total. The van der Waals surface area contributed by atoms with Crippen LogP contribution in [0.3, 0.4) is 0 Å². The molecule has 1 aliphatic rings. The van der Waals surface area contributed by atoms with Crippen molar-refractivity contribution in [2.24, 2.45) is 5.73 Å². The normalized spacial score (nSPS) is 17.1. The summed E-state index contributed by atoms with van der Waals surface area (Å²) in [4.78, 5) is 12.3. The number of carbonyl (C=O) groups is 1. The number of benzene rings is 1. The van der Waals surface area contributed by atoms with E-state index in [0.29, 0.717) is 6.54 Å². The van der Waals surface area contributed by atoms with Crippen LogP contribution in [0.4, 0.5) is 0 Å². The van der Waals surface area contributed by atoms with E-state index >= 15 is 0 Å². The van der Waals surface area contributed by atoms with Crippen LogP contribution in [0.2, 0.25) is 0 Å². The van der Waals surface area contributed by atoms with Gasteiger partial charge in [-0.1, -0.05) is 24.3 Å². The second-order valence-corrected chi connectivity index (χ2v) is 6.18. The van der Waals surface area contributed by atoms with Gasteiger partial charge in [-0.15, -0.1) is 0 Å². The van der Waals surface area contributed by atoms with Crippen LogP contribution in [0, 0.1) is 0 Å². The maximum atomic E-state index is 12.3. The minimum absolute atomic E-state index is 0.0343. The lowest BCUT2D eigenvalue weighted by molar-refractivity contribution is -0.125. The van der Waals surface area contributed by atoms with Crippen molar-refractivity contribution >= 4 is 5.91 Å². The Morgan fingerprint density at radius 2 is 2.00 bits per heavy atom. The summed E-state index contributed by atoms with van der Waals surface area (Å²) < 4.78 is 0. The standard InChI is InChI=1S/C16H24N2O/c1-4-18-14(19)15(2,3)13-8-6-5-7-12(13)11-16(17)9-10-16/h5-8H,4,9-11,17H2,1-3H3,(H,18,19). The van der Waals surface area contributed by atoms with E-state index in [9.17, 15) is 4.79 Å². The van der Waals surface area contributed by atoms with Gasteiger partial charge in [0.1, 0.15) is 0 Å². The number of rotatable bonds is 5. The molecule has 1 aliphatic carbocycles. The summed E-state index contributed by atoms with van der Waals surface area (Å²) in [5, 5.41) is 2.92. The van der Waals surface area contributed by atoms with Crippen LogP contribution in [0.25, 0.3) is 0 Å². The highest BCUT2D eigenvalue weighted by Gasteiger charge is 2.40. The molecule has 19 heavy (non-hydrogen) atoms. The van der Waals surface area contributed by atoms with Gasteiger partial charge in [0.05, 0.1) is 5.41 Å². The molecule has 0 unspecified atom stereocenters. The molecule has 2 rings (SSSR count). The van der Waals surface area contributed by atoms with Crippen LogP contribution in [-0.2, 0) is 16.6 Å². The summed E-state index contributed by atoms with van der Waals surface area (Å²) in [6.45, 7) is 6.56. The number of nitrogens with one attached hydrogen (secondary N) is 1. The quantitative estimate of drug-likeness (QED) is 0.852. The summed E-state index contributed by atoms with van der Waals surface area (Å²) >= 11 is 0. The van der Waals surface area contributed by atoms with Gasteiger partial charge in [-0.2, -0.15) is 0 Å². The van der Waals surface area contributed by atoms with Gasteiger partial charge in [-0.25, -0.2) is 0 Å². The molecule has 1 amide bonds.